The van der Waals surface area contributed by atoms with Crippen molar-refractivity contribution < 1.29 is 4.79 Å². The van der Waals surface area contributed by atoms with Gasteiger partial charge in [-0.25, -0.2) is 0 Å². The first kappa shape index (κ1) is 13.0. The summed E-state index contributed by atoms with van der Waals surface area (Å²) in [7, 11) is 0. The van der Waals surface area contributed by atoms with Gasteiger partial charge in [-0.3, -0.25) is 4.79 Å². The molecule has 1 aliphatic heterocycles. The van der Waals surface area contributed by atoms with Crippen molar-refractivity contribution in [1.29, 1.82) is 0 Å². The van der Waals surface area contributed by atoms with Gasteiger partial charge in [-0.1, -0.05) is 18.5 Å². The van der Waals surface area contributed by atoms with Crippen molar-refractivity contribution in [2.75, 3.05) is 19.6 Å². The largest absolute Gasteiger partial charge is 0.339 e. The van der Waals surface area contributed by atoms with Crippen molar-refractivity contribution in [3.8, 4) is 0 Å². The summed E-state index contributed by atoms with van der Waals surface area (Å²) in [6.45, 7) is 4.74. The third-order valence-corrected chi connectivity index (χ3v) is 4.11. The summed E-state index contributed by atoms with van der Waals surface area (Å²) < 4.78 is 2.07. The summed E-state index contributed by atoms with van der Waals surface area (Å²) in [4.78, 5) is 14.8. The van der Waals surface area contributed by atoms with Crippen LogP contribution >= 0.6 is 11.6 Å². The SMILES string of the molecule is CCCN(C(=O)c1cc(Cl)cn1C1CC1)C1CNC1. The zero-order chi connectivity index (χ0) is 13.4. The van der Waals surface area contributed by atoms with Crippen LogP contribution in [0.2, 0.25) is 5.02 Å². The molecule has 4 nitrogen and oxygen atoms in total. The number of hydrogen-bond donors (Lipinski definition) is 1. The first-order valence-electron chi connectivity index (χ1n) is 7.09. The van der Waals surface area contributed by atoms with Gasteiger partial charge in [0.2, 0.25) is 0 Å². The number of nitrogens with zero attached hydrogens (tertiary/aromatic N) is 2. The molecule has 1 saturated heterocycles. The summed E-state index contributed by atoms with van der Waals surface area (Å²) >= 11 is 6.09. The number of amides is 1. The van der Waals surface area contributed by atoms with Crippen LogP contribution < -0.4 is 5.32 Å². The van der Waals surface area contributed by atoms with E-state index in [1.165, 1.54) is 0 Å². The monoisotopic (exact) mass is 281 g/mol. The highest BCUT2D eigenvalue weighted by Crippen LogP contribution is 2.37. The molecule has 1 aromatic heterocycles. The van der Waals surface area contributed by atoms with Crippen LogP contribution in [-0.2, 0) is 0 Å². The molecule has 2 aliphatic rings. The minimum absolute atomic E-state index is 0.132. The highest BCUT2D eigenvalue weighted by molar-refractivity contribution is 6.31. The van der Waals surface area contributed by atoms with Crippen LogP contribution in [0.25, 0.3) is 0 Å². The van der Waals surface area contributed by atoms with Crippen LogP contribution in [0.4, 0.5) is 0 Å². The van der Waals surface area contributed by atoms with Gasteiger partial charge < -0.3 is 14.8 Å². The molecule has 2 heterocycles. The Labute approximate surface area is 118 Å². The number of aromatic nitrogens is 1. The molecular formula is C14H20ClN3O. The number of rotatable bonds is 5. The van der Waals surface area contributed by atoms with Crippen LogP contribution in [0.3, 0.4) is 0 Å². The lowest BCUT2D eigenvalue weighted by atomic mass is 10.1. The van der Waals surface area contributed by atoms with Gasteiger partial charge in [0.05, 0.1) is 11.1 Å². The van der Waals surface area contributed by atoms with Gasteiger partial charge in [-0.2, -0.15) is 0 Å². The molecule has 0 bridgehead atoms. The van der Waals surface area contributed by atoms with E-state index in [1.54, 1.807) is 0 Å². The smallest absolute Gasteiger partial charge is 0.270 e. The van der Waals surface area contributed by atoms with Crippen LogP contribution in [-0.4, -0.2) is 41.1 Å². The predicted octanol–water partition coefficient (Wildman–Crippen LogP) is 2.30. The number of halogens is 1. The molecule has 0 radical (unpaired) electrons. The van der Waals surface area contributed by atoms with Crippen molar-refractivity contribution >= 4 is 17.5 Å². The van der Waals surface area contributed by atoms with E-state index >= 15 is 0 Å². The lowest BCUT2D eigenvalue weighted by Gasteiger charge is -2.38. The van der Waals surface area contributed by atoms with Gasteiger partial charge in [0, 0.05) is 31.9 Å². The normalized spacial score (nSPS) is 19.3. The van der Waals surface area contributed by atoms with Gasteiger partial charge in [0.15, 0.2) is 0 Å². The summed E-state index contributed by atoms with van der Waals surface area (Å²) in [5, 5.41) is 3.90. The second-order valence-electron chi connectivity index (χ2n) is 5.49. The molecule has 3 rings (SSSR count). The molecular weight excluding hydrogens is 262 g/mol. The molecule has 1 saturated carbocycles. The summed E-state index contributed by atoms with van der Waals surface area (Å²) in [6, 6.07) is 2.64. The highest BCUT2D eigenvalue weighted by atomic mass is 35.5. The van der Waals surface area contributed by atoms with Crippen molar-refractivity contribution in [1.82, 2.24) is 14.8 Å². The van der Waals surface area contributed by atoms with Crippen LogP contribution in [0.15, 0.2) is 12.3 Å². The molecule has 1 aliphatic carbocycles. The molecule has 1 N–H and O–H groups in total. The Hall–Kier alpha value is -1.00. The van der Waals surface area contributed by atoms with E-state index in [0.717, 1.165) is 44.6 Å². The van der Waals surface area contributed by atoms with Gasteiger partial charge in [-0.15, -0.1) is 0 Å². The van der Waals surface area contributed by atoms with Crippen LogP contribution in [0, 0.1) is 0 Å². The van der Waals surface area contributed by atoms with E-state index in [2.05, 4.69) is 16.8 Å². The molecule has 0 unspecified atom stereocenters. The third kappa shape index (κ3) is 2.51. The quantitative estimate of drug-likeness (QED) is 0.899. The maximum absolute atomic E-state index is 12.8. The van der Waals surface area contributed by atoms with E-state index in [-0.39, 0.29) is 5.91 Å². The summed E-state index contributed by atoms with van der Waals surface area (Å²) in [6.07, 6.45) is 5.20. The number of carbonyl (C=O) groups is 1. The second-order valence-corrected chi connectivity index (χ2v) is 5.93. The Kier molecular flexibility index (Phi) is 3.54. The fourth-order valence-electron chi connectivity index (χ4n) is 2.60. The Morgan fingerprint density at radius 2 is 2.26 bits per heavy atom. The number of carbonyl (C=O) groups excluding carboxylic acids is 1. The maximum Gasteiger partial charge on any atom is 0.270 e. The van der Waals surface area contributed by atoms with E-state index in [1.807, 2.05) is 17.2 Å². The molecule has 0 aromatic carbocycles. The van der Waals surface area contributed by atoms with Crippen molar-refractivity contribution in [2.45, 2.75) is 38.3 Å². The molecule has 0 atom stereocenters. The van der Waals surface area contributed by atoms with Crippen molar-refractivity contribution in [3.63, 3.8) is 0 Å². The molecule has 0 spiro atoms. The molecule has 2 fully saturated rings. The number of nitrogens with one attached hydrogen (secondary N) is 1. The zero-order valence-electron chi connectivity index (χ0n) is 11.2. The fourth-order valence-corrected chi connectivity index (χ4v) is 2.81. The van der Waals surface area contributed by atoms with Gasteiger partial charge in [0.1, 0.15) is 5.69 Å². The maximum atomic E-state index is 12.8. The third-order valence-electron chi connectivity index (χ3n) is 3.90. The minimum Gasteiger partial charge on any atom is -0.339 e. The van der Waals surface area contributed by atoms with E-state index in [9.17, 15) is 4.79 Å². The molecule has 5 heteroatoms. The Bertz CT molecular complexity index is 477. The topological polar surface area (TPSA) is 37.3 Å². The molecule has 1 aromatic rings. The standard InChI is InChI=1S/C14H20ClN3O/c1-2-5-17(12-7-16-8-12)14(19)13-6-10(15)9-18(13)11-3-4-11/h6,9,11-12,16H,2-5,7-8H2,1H3. The first-order valence-corrected chi connectivity index (χ1v) is 7.47. The predicted molar refractivity (Wildman–Crippen MR) is 75.7 cm³/mol. The highest BCUT2D eigenvalue weighted by Gasteiger charge is 2.33. The Morgan fingerprint density at radius 3 is 2.79 bits per heavy atom. The second kappa shape index (κ2) is 5.17. The van der Waals surface area contributed by atoms with Crippen LogP contribution in [0.5, 0.6) is 0 Å². The average molecular weight is 282 g/mol. The molecule has 19 heavy (non-hydrogen) atoms. The van der Waals surface area contributed by atoms with Crippen molar-refractivity contribution in [3.05, 3.63) is 23.0 Å². The summed E-state index contributed by atoms with van der Waals surface area (Å²) in [5.74, 6) is 0.132. The van der Waals surface area contributed by atoms with Crippen molar-refractivity contribution in [2.24, 2.45) is 0 Å². The molecule has 104 valence electrons. The van der Waals surface area contributed by atoms with Crippen LogP contribution in [0.1, 0.15) is 42.7 Å². The molecule has 1 amide bonds. The minimum atomic E-state index is 0.132. The number of hydrogen-bond acceptors (Lipinski definition) is 2. The summed E-state index contributed by atoms with van der Waals surface area (Å²) in [5.41, 5.74) is 0.757. The zero-order valence-corrected chi connectivity index (χ0v) is 12.0. The van der Waals surface area contributed by atoms with E-state index in [4.69, 9.17) is 11.6 Å². The van der Waals surface area contributed by atoms with Gasteiger partial charge >= 0.3 is 0 Å². The fraction of sp³-hybridized carbons (Fsp3) is 0.643. The van der Waals surface area contributed by atoms with Gasteiger partial charge in [0.25, 0.3) is 5.91 Å². The lowest BCUT2D eigenvalue weighted by Crippen LogP contribution is -2.59. The Morgan fingerprint density at radius 1 is 1.53 bits per heavy atom. The lowest BCUT2D eigenvalue weighted by molar-refractivity contribution is 0.0604. The first-order chi connectivity index (χ1) is 9.20. The Balaban J connectivity index is 1.84. The van der Waals surface area contributed by atoms with E-state index in [0.29, 0.717) is 17.1 Å². The average Bonchev–Trinajstić information content (AvgIpc) is 3.09. The van der Waals surface area contributed by atoms with E-state index < -0.39 is 0 Å². The van der Waals surface area contributed by atoms with Gasteiger partial charge in [-0.05, 0) is 25.3 Å².